The molecule has 0 N–H and O–H groups in total. The Morgan fingerprint density at radius 2 is 1.83 bits per heavy atom. The number of aromatic nitrogens is 1. The van der Waals surface area contributed by atoms with E-state index in [1.807, 2.05) is 29.3 Å². The summed E-state index contributed by atoms with van der Waals surface area (Å²) >= 11 is 0. The fourth-order valence-electron chi connectivity index (χ4n) is 6.86. The van der Waals surface area contributed by atoms with Crippen LogP contribution in [-0.4, -0.2) is 21.9 Å². The SMILES string of the molecule is C=CCN(Cc1cccn1Cc1cccc(F)c1)C(=O)C12CC3CC(CC(C3)C1)C2. The second-order valence-electron chi connectivity index (χ2n) is 9.93. The summed E-state index contributed by atoms with van der Waals surface area (Å²) in [5.74, 6) is 2.37. The van der Waals surface area contributed by atoms with Gasteiger partial charge in [0.05, 0.1) is 12.0 Å². The van der Waals surface area contributed by atoms with Crippen molar-refractivity contribution in [3.8, 4) is 0 Å². The van der Waals surface area contributed by atoms with Crippen molar-refractivity contribution in [3.05, 3.63) is 72.3 Å². The van der Waals surface area contributed by atoms with Gasteiger partial charge in [-0.25, -0.2) is 4.39 Å². The number of hydrogen-bond donors (Lipinski definition) is 0. The van der Waals surface area contributed by atoms with Crippen LogP contribution in [0.5, 0.6) is 0 Å². The number of halogens is 1. The first kappa shape index (κ1) is 19.6. The number of benzene rings is 1. The zero-order chi connectivity index (χ0) is 20.7. The minimum atomic E-state index is -0.216. The average molecular weight is 407 g/mol. The molecule has 4 bridgehead atoms. The number of carbonyl (C=O) groups is 1. The van der Waals surface area contributed by atoms with Crippen molar-refractivity contribution < 1.29 is 9.18 Å². The van der Waals surface area contributed by atoms with Crippen LogP contribution in [0.15, 0.2) is 55.3 Å². The number of rotatable bonds is 7. The first-order chi connectivity index (χ1) is 14.5. The highest BCUT2D eigenvalue weighted by molar-refractivity contribution is 5.83. The van der Waals surface area contributed by atoms with Crippen LogP contribution in [0.4, 0.5) is 4.39 Å². The van der Waals surface area contributed by atoms with Gasteiger partial charge in [0.2, 0.25) is 5.91 Å². The van der Waals surface area contributed by atoms with Crippen molar-refractivity contribution in [1.82, 2.24) is 9.47 Å². The largest absolute Gasteiger partial charge is 0.345 e. The first-order valence-corrected chi connectivity index (χ1v) is 11.3. The van der Waals surface area contributed by atoms with Crippen LogP contribution in [0, 0.1) is 29.0 Å². The van der Waals surface area contributed by atoms with Gasteiger partial charge in [-0.05, 0) is 86.1 Å². The predicted octanol–water partition coefficient (Wildman–Crippen LogP) is 5.41. The molecule has 6 rings (SSSR count). The summed E-state index contributed by atoms with van der Waals surface area (Å²) in [5.41, 5.74) is 1.87. The van der Waals surface area contributed by atoms with Gasteiger partial charge in [0.15, 0.2) is 0 Å². The van der Waals surface area contributed by atoms with E-state index in [9.17, 15) is 9.18 Å². The highest BCUT2D eigenvalue weighted by Gasteiger charge is 2.55. The molecular weight excluding hydrogens is 375 g/mol. The van der Waals surface area contributed by atoms with E-state index >= 15 is 0 Å². The van der Waals surface area contributed by atoms with Crippen molar-refractivity contribution in [1.29, 1.82) is 0 Å². The Morgan fingerprint density at radius 3 is 2.47 bits per heavy atom. The number of hydrogen-bond acceptors (Lipinski definition) is 1. The van der Waals surface area contributed by atoms with Crippen LogP contribution < -0.4 is 0 Å². The monoisotopic (exact) mass is 406 g/mol. The lowest BCUT2D eigenvalue weighted by Crippen LogP contribution is -2.54. The maximum atomic E-state index is 13.8. The Hall–Kier alpha value is -2.36. The molecule has 4 aliphatic carbocycles. The number of amides is 1. The molecule has 4 fully saturated rings. The summed E-state index contributed by atoms with van der Waals surface area (Å²) in [7, 11) is 0. The third kappa shape index (κ3) is 3.61. The highest BCUT2D eigenvalue weighted by atomic mass is 19.1. The third-order valence-corrected chi connectivity index (χ3v) is 7.65. The Morgan fingerprint density at radius 1 is 1.13 bits per heavy atom. The molecule has 4 heteroatoms. The van der Waals surface area contributed by atoms with E-state index in [4.69, 9.17) is 0 Å². The lowest BCUT2D eigenvalue weighted by atomic mass is 9.49. The van der Waals surface area contributed by atoms with Gasteiger partial charge >= 0.3 is 0 Å². The molecule has 1 aromatic heterocycles. The van der Waals surface area contributed by atoms with Gasteiger partial charge in [-0.1, -0.05) is 18.2 Å². The number of carbonyl (C=O) groups excluding carboxylic acids is 1. The molecule has 1 aromatic carbocycles. The van der Waals surface area contributed by atoms with E-state index in [1.54, 1.807) is 12.1 Å². The molecule has 3 nitrogen and oxygen atoms in total. The van der Waals surface area contributed by atoms with Crippen molar-refractivity contribution in [2.75, 3.05) is 6.54 Å². The first-order valence-electron chi connectivity index (χ1n) is 11.3. The average Bonchev–Trinajstić information content (AvgIpc) is 3.12. The van der Waals surface area contributed by atoms with Crippen LogP contribution >= 0.6 is 0 Å². The fourth-order valence-corrected chi connectivity index (χ4v) is 6.86. The lowest BCUT2D eigenvalue weighted by molar-refractivity contribution is -0.157. The quantitative estimate of drug-likeness (QED) is 0.565. The van der Waals surface area contributed by atoms with Crippen LogP contribution in [0.2, 0.25) is 0 Å². The van der Waals surface area contributed by atoms with Gasteiger partial charge in [0.25, 0.3) is 0 Å². The maximum Gasteiger partial charge on any atom is 0.229 e. The Bertz CT molecular complexity index is 911. The van der Waals surface area contributed by atoms with E-state index in [-0.39, 0.29) is 11.2 Å². The Balaban J connectivity index is 1.36. The number of nitrogens with zero attached hydrogens (tertiary/aromatic N) is 2. The van der Waals surface area contributed by atoms with E-state index in [2.05, 4.69) is 17.2 Å². The lowest BCUT2D eigenvalue weighted by Gasteiger charge is -2.56. The molecule has 0 radical (unpaired) electrons. The fraction of sp³-hybridized carbons (Fsp3) is 0.500. The molecule has 4 aliphatic rings. The van der Waals surface area contributed by atoms with Crippen LogP contribution in [-0.2, 0) is 17.9 Å². The topological polar surface area (TPSA) is 25.2 Å². The Labute approximate surface area is 178 Å². The molecule has 0 atom stereocenters. The van der Waals surface area contributed by atoms with Crippen LogP contribution in [0.1, 0.15) is 49.8 Å². The molecule has 1 amide bonds. The van der Waals surface area contributed by atoms with Gasteiger partial charge < -0.3 is 9.47 Å². The smallest absolute Gasteiger partial charge is 0.229 e. The summed E-state index contributed by atoms with van der Waals surface area (Å²) in [5, 5.41) is 0. The van der Waals surface area contributed by atoms with Gasteiger partial charge in [0, 0.05) is 25.0 Å². The zero-order valence-corrected chi connectivity index (χ0v) is 17.6. The van der Waals surface area contributed by atoms with Crippen molar-refractivity contribution >= 4 is 5.91 Å². The molecule has 0 spiro atoms. The summed E-state index contributed by atoms with van der Waals surface area (Å²) in [4.78, 5) is 15.9. The predicted molar refractivity (Wildman–Crippen MR) is 116 cm³/mol. The molecule has 158 valence electrons. The molecule has 30 heavy (non-hydrogen) atoms. The zero-order valence-electron chi connectivity index (χ0n) is 17.6. The van der Waals surface area contributed by atoms with Gasteiger partial charge in [-0.2, -0.15) is 0 Å². The molecule has 0 saturated heterocycles. The summed E-state index contributed by atoms with van der Waals surface area (Å²) in [6.07, 6.45) is 11.1. The maximum absolute atomic E-state index is 13.8. The van der Waals surface area contributed by atoms with Crippen molar-refractivity contribution in [3.63, 3.8) is 0 Å². The second kappa shape index (κ2) is 7.72. The normalized spacial score (nSPS) is 29.2. The van der Waals surface area contributed by atoms with Gasteiger partial charge in [0.1, 0.15) is 5.82 Å². The van der Waals surface area contributed by atoms with Crippen molar-refractivity contribution in [2.45, 2.75) is 51.6 Å². The molecule has 1 heterocycles. The van der Waals surface area contributed by atoms with E-state index in [0.29, 0.717) is 25.5 Å². The highest BCUT2D eigenvalue weighted by Crippen LogP contribution is 2.60. The van der Waals surface area contributed by atoms with Gasteiger partial charge in [-0.3, -0.25) is 4.79 Å². The third-order valence-electron chi connectivity index (χ3n) is 7.65. The Kier molecular flexibility index (Phi) is 5.04. The van der Waals surface area contributed by atoms with E-state index in [0.717, 1.165) is 48.3 Å². The minimum Gasteiger partial charge on any atom is -0.345 e. The van der Waals surface area contributed by atoms with Crippen molar-refractivity contribution in [2.24, 2.45) is 23.2 Å². The summed E-state index contributed by atoms with van der Waals surface area (Å²) < 4.78 is 15.7. The van der Waals surface area contributed by atoms with Gasteiger partial charge in [-0.15, -0.1) is 6.58 Å². The molecule has 2 aromatic rings. The molecular formula is C26H31FN2O. The standard InChI is InChI=1S/C26H31FN2O/c1-2-8-29(25(30)26-14-20-10-21(15-26)12-22(11-20)16-26)18-24-7-4-9-28(24)17-19-5-3-6-23(27)13-19/h2-7,9,13,20-22H,1,8,10-12,14-18H2. The van der Waals surface area contributed by atoms with Crippen LogP contribution in [0.25, 0.3) is 0 Å². The summed E-state index contributed by atoms with van der Waals surface area (Å²) in [6, 6.07) is 10.8. The molecule has 0 unspecified atom stereocenters. The van der Waals surface area contributed by atoms with E-state index < -0.39 is 0 Å². The molecule has 4 saturated carbocycles. The molecule has 0 aliphatic heterocycles. The minimum absolute atomic E-state index is 0.141. The summed E-state index contributed by atoms with van der Waals surface area (Å²) in [6.45, 7) is 5.67. The van der Waals surface area contributed by atoms with E-state index in [1.165, 1.54) is 25.3 Å². The second-order valence-corrected chi connectivity index (χ2v) is 9.93. The van der Waals surface area contributed by atoms with Crippen LogP contribution in [0.3, 0.4) is 0 Å².